The first-order valence-corrected chi connectivity index (χ1v) is 9.69. The molecule has 5 aromatic rings. The highest BCUT2D eigenvalue weighted by Gasteiger charge is 2.16. The molecule has 0 unspecified atom stereocenters. The van der Waals surface area contributed by atoms with Crippen molar-refractivity contribution >= 4 is 21.8 Å². The van der Waals surface area contributed by atoms with Gasteiger partial charge < -0.3 is 9.72 Å². The SMILES string of the molecule is N#Cc1c(F)cccc1-n1ccc2c([nH]c3cccc(OCc4ccccc4)c32)c1=O. The first kappa shape index (κ1) is 18.6. The summed E-state index contributed by atoms with van der Waals surface area (Å²) in [6.45, 7) is 0.401. The zero-order valence-electron chi connectivity index (χ0n) is 16.3. The number of rotatable bonds is 4. The van der Waals surface area contributed by atoms with Gasteiger partial charge in [-0.05, 0) is 35.9 Å². The van der Waals surface area contributed by atoms with Gasteiger partial charge in [0.15, 0.2) is 0 Å². The van der Waals surface area contributed by atoms with Gasteiger partial charge in [0, 0.05) is 17.0 Å². The van der Waals surface area contributed by atoms with Crippen LogP contribution in [0.3, 0.4) is 0 Å². The number of fused-ring (bicyclic) bond motifs is 3. The topological polar surface area (TPSA) is 70.8 Å². The number of hydrogen-bond donors (Lipinski definition) is 1. The lowest BCUT2D eigenvalue weighted by Gasteiger charge is -2.09. The monoisotopic (exact) mass is 409 g/mol. The smallest absolute Gasteiger partial charge is 0.279 e. The average molecular weight is 409 g/mol. The third kappa shape index (κ3) is 3.13. The van der Waals surface area contributed by atoms with E-state index >= 15 is 0 Å². The summed E-state index contributed by atoms with van der Waals surface area (Å²) in [6, 6.07) is 23.3. The minimum atomic E-state index is -0.666. The largest absolute Gasteiger partial charge is 0.488 e. The number of nitrogens with zero attached hydrogens (tertiary/aromatic N) is 2. The van der Waals surface area contributed by atoms with Crippen LogP contribution < -0.4 is 10.3 Å². The van der Waals surface area contributed by atoms with Gasteiger partial charge in [-0.2, -0.15) is 5.26 Å². The van der Waals surface area contributed by atoms with Gasteiger partial charge in [-0.25, -0.2) is 4.39 Å². The molecule has 150 valence electrons. The van der Waals surface area contributed by atoms with Gasteiger partial charge in [-0.15, -0.1) is 0 Å². The lowest BCUT2D eigenvalue weighted by atomic mass is 10.1. The first-order valence-electron chi connectivity index (χ1n) is 9.69. The molecule has 0 spiro atoms. The molecule has 0 amide bonds. The van der Waals surface area contributed by atoms with Crippen LogP contribution in [0.4, 0.5) is 4.39 Å². The highest BCUT2D eigenvalue weighted by Crippen LogP contribution is 2.32. The number of H-pyrrole nitrogens is 1. The number of aromatic nitrogens is 2. The number of hydrogen-bond acceptors (Lipinski definition) is 3. The van der Waals surface area contributed by atoms with Crippen LogP contribution in [0, 0.1) is 17.1 Å². The summed E-state index contributed by atoms with van der Waals surface area (Å²) in [5.41, 5.74) is 1.82. The molecule has 0 saturated carbocycles. The molecule has 0 radical (unpaired) electrons. The fourth-order valence-electron chi connectivity index (χ4n) is 3.78. The van der Waals surface area contributed by atoms with Crippen molar-refractivity contribution in [3.05, 3.63) is 106 Å². The maximum atomic E-state index is 14.1. The lowest BCUT2D eigenvalue weighted by molar-refractivity contribution is 0.310. The number of ether oxygens (including phenoxy) is 1. The van der Waals surface area contributed by atoms with Gasteiger partial charge in [0.05, 0.1) is 11.2 Å². The number of nitrogens with one attached hydrogen (secondary N) is 1. The zero-order valence-corrected chi connectivity index (χ0v) is 16.3. The molecule has 6 heteroatoms. The maximum Gasteiger partial charge on any atom is 0.279 e. The molecule has 3 aromatic carbocycles. The summed E-state index contributed by atoms with van der Waals surface area (Å²) in [6.07, 6.45) is 1.56. The molecule has 1 N–H and O–H groups in total. The number of pyridine rings is 1. The van der Waals surface area contributed by atoms with E-state index in [1.807, 2.05) is 54.6 Å². The average Bonchev–Trinajstić information content (AvgIpc) is 3.19. The minimum Gasteiger partial charge on any atom is -0.488 e. The molecule has 0 fully saturated rings. The van der Waals surface area contributed by atoms with Crippen LogP contribution in [-0.2, 0) is 6.61 Å². The molecule has 31 heavy (non-hydrogen) atoms. The van der Waals surface area contributed by atoms with Gasteiger partial charge in [-0.3, -0.25) is 9.36 Å². The zero-order chi connectivity index (χ0) is 21.4. The number of aromatic amines is 1. The van der Waals surface area contributed by atoms with E-state index in [1.165, 1.54) is 16.7 Å². The Morgan fingerprint density at radius 1 is 1.00 bits per heavy atom. The second-order valence-corrected chi connectivity index (χ2v) is 7.10. The Bertz CT molecular complexity index is 1530. The Labute approximate surface area is 176 Å². The summed E-state index contributed by atoms with van der Waals surface area (Å²) in [5, 5.41) is 10.8. The number of halogens is 1. The molecule has 0 bridgehead atoms. The molecule has 2 heterocycles. The third-order valence-corrected chi connectivity index (χ3v) is 5.25. The van der Waals surface area contributed by atoms with Crippen LogP contribution in [0.15, 0.2) is 83.8 Å². The van der Waals surface area contributed by atoms with Crippen LogP contribution in [0.25, 0.3) is 27.5 Å². The molecule has 0 atom stereocenters. The molecule has 2 aromatic heterocycles. The van der Waals surface area contributed by atoms with Crippen LogP contribution in [-0.4, -0.2) is 9.55 Å². The van der Waals surface area contributed by atoms with Crippen molar-refractivity contribution in [2.24, 2.45) is 0 Å². The number of nitriles is 1. The second kappa shape index (κ2) is 7.47. The summed E-state index contributed by atoms with van der Waals surface area (Å²) in [5.74, 6) is -0.00605. The normalized spacial score (nSPS) is 11.0. The summed E-state index contributed by atoms with van der Waals surface area (Å²) >= 11 is 0. The quantitative estimate of drug-likeness (QED) is 0.451. The van der Waals surface area contributed by atoms with Gasteiger partial charge in [0.1, 0.15) is 35.3 Å². The molecular formula is C25H16FN3O2. The van der Waals surface area contributed by atoms with Crippen molar-refractivity contribution in [2.75, 3.05) is 0 Å². The molecule has 0 aliphatic rings. The van der Waals surface area contributed by atoms with E-state index in [1.54, 1.807) is 18.3 Å². The van der Waals surface area contributed by atoms with E-state index in [-0.39, 0.29) is 16.8 Å². The van der Waals surface area contributed by atoms with Crippen molar-refractivity contribution in [1.82, 2.24) is 9.55 Å². The highest BCUT2D eigenvalue weighted by molar-refractivity contribution is 6.10. The summed E-state index contributed by atoms with van der Waals surface area (Å²) in [4.78, 5) is 16.4. The summed E-state index contributed by atoms with van der Waals surface area (Å²) < 4.78 is 21.4. The van der Waals surface area contributed by atoms with Crippen molar-refractivity contribution in [3.63, 3.8) is 0 Å². The van der Waals surface area contributed by atoms with Gasteiger partial charge in [-0.1, -0.05) is 42.5 Å². The second-order valence-electron chi connectivity index (χ2n) is 7.10. The first-order chi connectivity index (χ1) is 15.2. The predicted molar refractivity (Wildman–Crippen MR) is 117 cm³/mol. The third-order valence-electron chi connectivity index (χ3n) is 5.25. The molecular weight excluding hydrogens is 393 g/mol. The summed E-state index contributed by atoms with van der Waals surface area (Å²) in [7, 11) is 0. The van der Waals surface area contributed by atoms with E-state index in [4.69, 9.17) is 4.74 Å². The predicted octanol–water partition coefficient (Wildman–Crippen LogP) is 5.06. The van der Waals surface area contributed by atoms with Crippen LogP contribution in [0.1, 0.15) is 11.1 Å². The van der Waals surface area contributed by atoms with Crippen molar-refractivity contribution in [1.29, 1.82) is 5.26 Å². The molecule has 0 saturated heterocycles. The fourth-order valence-corrected chi connectivity index (χ4v) is 3.78. The van der Waals surface area contributed by atoms with Crippen molar-refractivity contribution < 1.29 is 9.13 Å². The van der Waals surface area contributed by atoms with E-state index in [0.29, 0.717) is 23.3 Å². The molecule has 5 rings (SSSR count). The van der Waals surface area contributed by atoms with Crippen LogP contribution >= 0.6 is 0 Å². The van der Waals surface area contributed by atoms with E-state index < -0.39 is 5.82 Å². The molecule has 0 aliphatic carbocycles. The maximum absolute atomic E-state index is 14.1. The van der Waals surface area contributed by atoms with Crippen LogP contribution in [0.2, 0.25) is 0 Å². The lowest BCUT2D eigenvalue weighted by Crippen LogP contribution is -2.19. The molecule has 5 nitrogen and oxygen atoms in total. The fraction of sp³-hybridized carbons (Fsp3) is 0.0400. The molecule has 0 aliphatic heterocycles. The van der Waals surface area contributed by atoms with E-state index in [2.05, 4.69) is 4.98 Å². The van der Waals surface area contributed by atoms with Crippen molar-refractivity contribution in [3.8, 4) is 17.5 Å². The van der Waals surface area contributed by atoms with Gasteiger partial charge in [0.25, 0.3) is 5.56 Å². The number of benzene rings is 3. The van der Waals surface area contributed by atoms with Crippen molar-refractivity contribution in [2.45, 2.75) is 6.61 Å². The highest BCUT2D eigenvalue weighted by atomic mass is 19.1. The Kier molecular flexibility index (Phi) is 4.49. The van der Waals surface area contributed by atoms with E-state index in [0.717, 1.165) is 16.5 Å². The minimum absolute atomic E-state index is 0.174. The Hall–Kier alpha value is -4.37. The Morgan fingerprint density at radius 2 is 1.81 bits per heavy atom. The van der Waals surface area contributed by atoms with Gasteiger partial charge >= 0.3 is 0 Å². The van der Waals surface area contributed by atoms with Gasteiger partial charge in [0.2, 0.25) is 0 Å². The van der Waals surface area contributed by atoms with Crippen LogP contribution in [0.5, 0.6) is 5.75 Å². The standard InChI is InChI=1S/C25H16FN3O2/c26-19-8-4-10-21(18(19)14-27)29-13-12-17-23-20(28-24(17)25(29)30)9-5-11-22(23)31-15-16-6-2-1-3-7-16/h1-13,28H,15H2. The Morgan fingerprint density at radius 3 is 2.61 bits per heavy atom. The van der Waals surface area contributed by atoms with E-state index in [9.17, 15) is 14.4 Å². The Balaban J connectivity index is 1.65.